The summed E-state index contributed by atoms with van der Waals surface area (Å²) in [4.78, 5) is 4.47. The van der Waals surface area contributed by atoms with Gasteiger partial charge in [0.25, 0.3) is 0 Å². The number of hydrogen-bond donors (Lipinski definition) is 2. The fraction of sp³-hybridized carbons (Fsp3) is 0.235. The summed E-state index contributed by atoms with van der Waals surface area (Å²) < 4.78 is 28.0. The molecule has 26 heavy (non-hydrogen) atoms. The van der Waals surface area contributed by atoms with Gasteiger partial charge in [0.2, 0.25) is 10.0 Å². The van der Waals surface area contributed by atoms with E-state index in [0.717, 1.165) is 16.8 Å². The van der Waals surface area contributed by atoms with E-state index in [2.05, 4.69) is 20.0 Å². The molecule has 0 amide bonds. The van der Waals surface area contributed by atoms with Crippen LogP contribution in [0.2, 0.25) is 0 Å². The second-order valence-electron chi connectivity index (χ2n) is 5.77. The van der Waals surface area contributed by atoms with E-state index in [-0.39, 0.29) is 18.0 Å². The Bertz CT molecular complexity index is 966. The third kappa shape index (κ3) is 4.31. The van der Waals surface area contributed by atoms with Gasteiger partial charge in [0.05, 0.1) is 29.9 Å². The van der Waals surface area contributed by atoms with Gasteiger partial charge in [-0.05, 0) is 30.7 Å². The standard InChI is InChI=1S/C17H19N5O3S/c1-13-2-5-15(18-10-13)11-22-12-17(20-21-22)14-3-6-16(7-4-14)26(24,25)19-8-9-23/h2-7,10,12,19,23H,8-9,11H2,1H3. The number of pyridine rings is 1. The summed E-state index contributed by atoms with van der Waals surface area (Å²) in [7, 11) is -3.62. The van der Waals surface area contributed by atoms with Gasteiger partial charge in [0, 0.05) is 18.3 Å². The molecule has 2 heterocycles. The highest BCUT2D eigenvalue weighted by molar-refractivity contribution is 7.89. The summed E-state index contributed by atoms with van der Waals surface area (Å²) in [5.41, 5.74) is 3.37. The molecule has 136 valence electrons. The number of aryl methyl sites for hydroxylation is 1. The van der Waals surface area contributed by atoms with Crippen LogP contribution in [0.5, 0.6) is 0 Å². The van der Waals surface area contributed by atoms with E-state index < -0.39 is 10.0 Å². The average Bonchev–Trinajstić information content (AvgIpc) is 3.11. The van der Waals surface area contributed by atoms with Crippen LogP contribution in [0.3, 0.4) is 0 Å². The predicted octanol–water partition coefficient (Wildman–Crippen LogP) is 0.967. The van der Waals surface area contributed by atoms with Gasteiger partial charge >= 0.3 is 0 Å². The molecule has 0 atom stereocenters. The molecule has 0 radical (unpaired) electrons. The number of rotatable bonds is 7. The molecule has 2 N–H and O–H groups in total. The molecule has 0 saturated carbocycles. The molecule has 0 aliphatic carbocycles. The largest absolute Gasteiger partial charge is 0.395 e. The molecule has 0 saturated heterocycles. The second kappa shape index (κ2) is 7.73. The van der Waals surface area contributed by atoms with Gasteiger partial charge < -0.3 is 5.11 Å². The van der Waals surface area contributed by atoms with E-state index in [1.807, 2.05) is 19.1 Å². The summed E-state index contributed by atoms with van der Waals surface area (Å²) in [5, 5.41) is 17.0. The molecular formula is C17H19N5O3S. The quantitative estimate of drug-likeness (QED) is 0.638. The number of aromatic nitrogens is 4. The Kier molecular flexibility index (Phi) is 5.40. The summed E-state index contributed by atoms with van der Waals surface area (Å²) in [5.74, 6) is 0. The smallest absolute Gasteiger partial charge is 0.240 e. The van der Waals surface area contributed by atoms with E-state index in [1.165, 1.54) is 12.1 Å². The predicted molar refractivity (Wildman–Crippen MR) is 95.8 cm³/mol. The Morgan fingerprint density at radius 1 is 1.15 bits per heavy atom. The van der Waals surface area contributed by atoms with Crippen LogP contribution in [-0.4, -0.2) is 46.7 Å². The number of nitrogens with one attached hydrogen (secondary N) is 1. The first-order valence-corrected chi connectivity index (χ1v) is 9.49. The third-order valence-corrected chi connectivity index (χ3v) is 5.18. The lowest BCUT2D eigenvalue weighted by Crippen LogP contribution is -2.26. The van der Waals surface area contributed by atoms with Crippen LogP contribution in [0.1, 0.15) is 11.3 Å². The summed E-state index contributed by atoms with van der Waals surface area (Å²) in [6.07, 6.45) is 3.59. The first-order valence-electron chi connectivity index (χ1n) is 8.00. The van der Waals surface area contributed by atoms with Gasteiger partial charge in [-0.2, -0.15) is 0 Å². The van der Waals surface area contributed by atoms with Crippen LogP contribution in [0.15, 0.2) is 53.7 Å². The summed E-state index contributed by atoms with van der Waals surface area (Å²) >= 11 is 0. The van der Waals surface area contributed by atoms with Crippen LogP contribution in [0.25, 0.3) is 11.3 Å². The molecule has 8 nitrogen and oxygen atoms in total. The van der Waals surface area contributed by atoms with Crippen molar-refractivity contribution in [2.75, 3.05) is 13.2 Å². The Hall–Kier alpha value is -2.62. The van der Waals surface area contributed by atoms with E-state index in [0.29, 0.717) is 12.2 Å². The Morgan fingerprint density at radius 3 is 2.58 bits per heavy atom. The minimum Gasteiger partial charge on any atom is -0.395 e. The van der Waals surface area contributed by atoms with Gasteiger partial charge in [-0.25, -0.2) is 17.8 Å². The molecule has 0 aliphatic heterocycles. The molecule has 0 aliphatic rings. The highest BCUT2D eigenvalue weighted by Gasteiger charge is 2.13. The van der Waals surface area contributed by atoms with Crippen molar-refractivity contribution >= 4 is 10.0 Å². The maximum Gasteiger partial charge on any atom is 0.240 e. The van der Waals surface area contributed by atoms with E-state index in [9.17, 15) is 8.42 Å². The van der Waals surface area contributed by atoms with Crippen molar-refractivity contribution in [1.82, 2.24) is 24.7 Å². The van der Waals surface area contributed by atoms with Gasteiger partial charge in [-0.1, -0.05) is 23.4 Å². The molecule has 9 heteroatoms. The fourth-order valence-corrected chi connectivity index (χ4v) is 3.36. The van der Waals surface area contributed by atoms with Crippen molar-refractivity contribution in [2.45, 2.75) is 18.4 Å². The highest BCUT2D eigenvalue weighted by Crippen LogP contribution is 2.19. The van der Waals surface area contributed by atoms with Crippen LogP contribution in [0.4, 0.5) is 0 Å². The van der Waals surface area contributed by atoms with Crippen molar-refractivity contribution in [3.05, 3.63) is 60.0 Å². The molecule has 3 rings (SSSR count). The van der Waals surface area contributed by atoms with Gasteiger partial charge in [0.1, 0.15) is 5.69 Å². The Labute approximate surface area is 151 Å². The van der Waals surface area contributed by atoms with Crippen molar-refractivity contribution in [3.8, 4) is 11.3 Å². The molecule has 0 unspecified atom stereocenters. The molecule has 3 aromatic rings. The van der Waals surface area contributed by atoms with Crippen molar-refractivity contribution in [3.63, 3.8) is 0 Å². The average molecular weight is 373 g/mol. The lowest BCUT2D eigenvalue weighted by Gasteiger charge is -2.05. The maximum absolute atomic E-state index is 12.0. The Balaban J connectivity index is 1.74. The van der Waals surface area contributed by atoms with Crippen LogP contribution >= 0.6 is 0 Å². The van der Waals surface area contributed by atoms with Crippen LogP contribution in [0, 0.1) is 6.92 Å². The number of aliphatic hydroxyl groups excluding tert-OH is 1. The zero-order valence-corrected chi connectivity index (χ0v) is 15.0. The fourth-order valence-electron chi connectivity index (χ4n) is 2.33. The molecule has 0 fully saturated rings. The topological polar surface area (TPSA) is 110 Å². The van der Waals surface area contributed by atoms with E-state index in [4.69, 9.17) is 5.11 Å². The summed E-state index contributed by atoms with van der Waals surface area (Å²) in [6.45, 7) is 2.21. The number of nitrogens with zero attached hydrogens (tertiary/aromatic N) is 4. The van der Waals surface area contributed by atoms with Gasteiger partial charge in [0.15, 0.2) is 0 Å². The lowest BCUT2D eigenvalue weighted by atomic mass is 10.2. The minimum atomic E-state index is -3.62. The molecule has 0 bridgehead atoms. The maximum atomic E-state index is 12.0. The Morgan fingerprint density at radius 2 is 1.92 bits per heavy atom. The van der Waals surface area contributed by atoms with Crippen LogP contribution in [-0.2, 0) is 16.6 Å². The monoisotopic (exact) mass is 373 g/mol. The highest BCUT2D eigenvalue weighted by atomic mass is 32.2. The van der Waals surface area contributed by atoms with Crippen molar-refractivity contribution in [1.29, 1.82) is 0 Å². The minimum absolute atomic E-state index is 0.0224. The van der Waals surface area contributed by atoms with E-state index in [1.54, 1.807) is 29.2 Å². The zero-order chi connectivity index (χ0) is 18.6. The molecule has 1 aromatic carbocycles. The lowest BCUT2D eigenvalue weighted by molar-refractivity contribution is 0.301. The van der Waals surface area contributed by atoms with Gasteiger partial charge in [-0.3, -0.25) is 4.98 Å². The molecule has 0 spiro atoms. The first-order chi connectivity index (χ1) is 12.5. The van der Waals surface area contributed by atoms with Gasteiger partial charge in [-0.15, -0.1) is 5.10 Å². The SMILES string of the molecule is Cc1ccc(Cn2cc(-c3ccc(S(=O)(=O)NCCO)cc3)nn2)nc1. The second-order valence-corrected chi connectivity index (χ2v) is 7.54. The normalized spacial score (nSPS) is 11.6. The van der Waals surface area contributed by atoms with Crippen LogP contribution < -0.4 is 4.72 Å². The van der Waals surface area contributed by atoms with E-state index >= 15 is 0 Å². The molecular weight excluding hydrogens is 354 g/mol. The summed E-state index contributed by atoms with van der Waals surface area (Å²) in [6, 6.07) is 10.3. The number of hydrogen-bond acceptors (Lipinski definition) is 6. The van der Waals surface area contributed by atoms with Crippen molar-refractivity contribution < 1.29 is 13.5 Å². The van der Waals surface area contributed by atoms with Crippen molar-refractivity contribution in [2.24, 2.45) is 0 Å². The number of aliphatic hydroxyl groups is 1. The third-order valence-electron chi connectivity index (χ3n) is 3.70. The number of sulfonamides is 1. The first kappa shape index (κ1) is 18.2. The molecule has 2 aromatic heterocycles. The zero-order valence-electron chi connectivity index (χ0n) is 14.2. The number of benzene rings is 1.